The molecular weight excluding hydrogens is 162 g/mol. The van der Waals surface area contributed by atoms with Gasteiger partial charge in [0.15, 0.2) is 0 Å². The van der Waals surface area contributed by atoms with Crippen LogP contribution in [0.3, 0.4) is 0 Å². The molecule has 1 fully saturated rings. The molecule has 0 aromatic rings. The van der Waals surface area contributed by atoms with E-state index in [2.05, 4.69) is 4.74 Å². The first-order valence-corrected chi connectivity index (χ1v) is 3.61. The zero-order valence-electron chi connectivity index (χ0n) is 6.19. The average Bonchev–Trinajstić information content (AvgIpc) is 2.24. The predicted molar refractivity (Wildman–Crippen MR) is 37.1 cm³/mol. The Morgan fingerprint density at radius 1 is 1.75 bits per heavy atom. The fourth-order valence-corrected chi connectivity index (χ4v) is 1.49. The lowest BCUT2D eigenvalue weighted by Gasteiger charge is -2.34. The van der Waals surface area contributed by atoms with Crippen molar-refractivity contribution < 1.29 is 19.4 Å². The normalized spacial score (nSPS) is 26.0. The molecule has 12 heavy (non-hydrogen) atoms. The van der Waals surface area contributed by atoms with E-state index >= 15 is 0 Å². The third-order valence-corrected chi connectivity index (χ3v) is 2.04. The van der Waals surface area contributed by atoms with Crippen LogP contribution in [0.25, 0.3) is 0 Å². The summed E-state index contributed by atoms with van der Waals surface area (Å²) in [5.74, 6) is 0.105. The lowest BCUT2D eigenvalue weighted by Crippen LogP contribution is -2.48. The Morgan fingerprint density at radius 2 is 2.50 bits per heavy atom. The number of β-lactam (4-membered cyclic amide) rings is 1. The molecule has 0 bridgehead atoms. The summed E-state index contributed by atoms with van der Waals surface area (Å²) in [6.07, 6.45) is 1.46. The lowest BCUT2D eigenvalue weighted by molar-refractivity contribution is -0.144. The van der Waals surface area contributed by atoms with Crippen molar-refractivity contribution in [1.82, 2.24) is 4.90 Å². The minimum atomic E-state index is -1.37. The largest absolute Gasteiger partial charge is 0.512 e. The molecule has 0 radical (unpaired) electrons. The van der Waals surface area contributed by atoms with Crippen molar-refractivity contribution in [3.05, 3.63) is 12.0 Å². The van der Waals surface area contributed by atoms with Crippen molar-refractivity contribution in [2.45, 2.75) is 18.9 Å². The van der Waals surface area contributed by atoms with Gasteiger partial charge in [0.1, 0.15) is 0 Å². The number of hydrogen-bond acceptors (Lipinski definition) is 3. The second-order valence-corrected chi connectivity index (χ2v) is 2.77. The van der Waals surface area contributed by atoms with E-state index in [9.17, 15) is 9.59 Å². The molecule has 0 saturated carbocycles. The highest BCUT2D eigenvalue weighted by Crippen LogP contribution is 2.33. The van der Waals surface area contributed by atoms with Crippen LogP contribution in [0, 0.1) is 0 Å². The number of nitrogens with zero attached hydrogens (tertiary/aromatic N) is 1. The Balaban J connectivity index is 2.07. The van der Waals surface area contributed by atoms with E-state index in [1.165, 1.54) is 4.90 Å². The van der Waals surface area contributed by atoms with E-state index in [0.29, 0.717) is 12.8 Å². The summed E-state index contributed by atoms with van der Waals surface area (Å²) < 4.78 is 4.40. The lowest BCUT2D eigenvalue weighted by atomic mass is 10.0. The second-order valence-electron chi connectivity index (χ2n) is 2.77. The summed E-state index contributed by atoms with van der Waals surface area (Å²) in [6.45, 7) is 0. The minimum Gasteiger partial charge on any atom is -0.449 e. The van der Waals surface area contributed by atoms with E-state index in [1.54, 1.807) is 6.08 Å². The summed E-state index contributed by atoms with van der Waals surface area (Å²) in [5.41, 5.74) is 0. The molecule has 5 nitrogen and oxygen atoms in total. The maximum atomic E-state index is 10.9. The maximum absolute atomic E-state index is 10.9. The van der Waals surface area contributed by atoms with Gasteiger partial charge < -0.3 is 9.84 Å². The summed E-state index contributed by atoms with van der Waals surface area (Å²) in [7, 11) is 0. The van der Waals surface area contributed by atoms with Gasteiger partial charge in [-0.15, -0.1) is 0 Å². The quantitative estimate of drug-likeness (QED) is 0.459. The number of carbonyl (C=O) groups is 2. The fraction of sp³-hybridized carbons (Fsp3) is 0.429. The number of carbonyl (C=O) groups excluding carboxylic acids is 1. The van der Waals surface area contributed by atoms with Gasteiger partial charge in [0.05, 0.1) is 6.04 Å². The summed E-state index contributed by atoms with van der Waals surface area (Å²) in [6, 6.07) is 0.145. The molecule has 1 atom stereocenters. The fourth-order valence-electron chi connectivity index (χ4n) is 1.49. The van der Waals surface area contributed by atoms with E-state index in [4.69, 9.17) is 5.11 Å². The molecule has 0 aliphatic carbocycles. The minimum absolute atomic E-state index is 0.0648. The van der Waals surface area contributed by atoms with E-state index in [-0.39, 0.29) is 17.8 Å². The van der Waals surface area contributed by atoms with Crippen LogP contribution >= 0.6 is 0 Å². The van der Waals surface area contributed by atoms with Crippen molar-refractivity contribution in [3.63, 3.8) is 0 Å². The molecule has 64 valence electrons. The van der Waals surface area contributed by atoms with Crippen LogP contribution in [0.1, 0.15) is 12.8 Å². The van der Waals surface area contributed by atoms with Gasteiger partial charge in [-0.25, -0.2) is 4.79 Å². The number of hydrogen-bond donors (Lipinski definition) is 1. The zero-order valence-corrected chi connectivity index (χ0v) is 6.19. The number of carboxylic acid groups (broad SMARTS) is 1. The van der Waals surface area contributed by atoms with Crippen LogP contribution in [0.2, 0.25) is 0 Å². The Morgan fingerprint density at radius 3 is 3.08 bits per heavy atom. The highest BCUT2D eigenvalue weighted by atomic mass is 16.7. The first-order valence-electron chi connectivity index (χ1n) is 3.61. The molecule has 2 rings (SSSR count). The maximum Gasteiger partial charge on any atom is 0.512 e. The third-order valence-electron chi connectivity index (χ3n) is 2.04. The van der Waals surface area contributed by atoms with Crippen LogP contribution in [-0.2, 0) is 9.53 Å². The van der Waals surface area contributed by atoms with Gasteiger partial charge in [0.2, 0.25) is 11.8 Å². The van der Waals surface area contributed by atoms with Crippen molar-refractivity contribution in [2.24, 2.45) is 0 Å². The van der Waals surface area contributed by atoms with Gasteiger partial charge >= 0.3 is 6.16 Å². The van der Waals surface area contributed by atoms with E-state index < -0.39 is 6.16 Å². The predicted octanol–water partition coefficient (Wildman–Crippen LogP) is 0.527. The SMILES string of the molecule is O=C(O)OC1=CC[C@H]2CC(=O)N12. The number of fused-ring (bicyclic) bond motifs is 1. The highest BCUT2D eigenvalue weighted by molar-refractivity contribution is 5.86. The first kappa shape index (κ1) is 7.15. The summed E-state index contributed by atoms with van der Waals surface area (Å²) in [4.78, 5) is 22.4. The van der Waals surface area contributed by atoms with E-state index in [1.807, 2.05) is 0 Å². The molecule has 1 saturated heterocycles. The second kappa shape index (κ2) is 2.23. The van der Waals surface area contributed by atoms with Crippen molar-refractivity contribution in [1.29, 1.82) is 0 Å². The molecule has 0 aromatic carbocycles. The molecule has 1 amide bonds. The number of rotatable bonds is 1. The molecule has 0 aromatic heterocycles. The first-order chi connectivity index (χ1) is 5.68. The summed E-state index contributed by atoms with van der Waals surface area (Å²) >= 11 is 0. The standard InChI is InChI=1S/C7H7NO4/c9-5-3-4-1-2-6(8(4)5)12-7(10)11/h2,4H,1,3H2,(H,10,11)/t4-/m0/s1. The van der Waals surface area contributed by atoms with E-state index in [0.717, 1.165) is 0 Å². The van der Waals surface area contributed by atoms with Crippen molar-refractivity contribution in [3.8, 4) is 0 Å². The summed E-state index contributed by atoms with van der Waals surface area (Å²) in [5, 5.41) is 8.29. The Kier molecular flexibility index (Phi) is 1.33. The smallest absolute Gasteiger partial charge is 0.449 e. The van der Waals surface area contributed by atoms with Crippen molar-refractivity contribution >= 4 is 12.1 Å². The molecule has 2 heterocycles. The van der Waals surface area contributed by atoms with Gasteiger partial charge in [-0.3, -0.25) is 9.69 Å². The van der Waals surface area contributed by atoms with Gasteiger partial charge in [0, 0.05) is 6.42 Å². The zero-order chi connectivity index (χ0) is 8.72. The van der Waals surface area contributed by atoms with Crippen LogP contribution in [0.15, 0.2) is 12.0 Å². The van der Waals surface area contributed by atoms with Crippen LogP contribution in [0.5, 0.6) is 0 Å². The molecular formula is C7H7NO4. The molecule has 0 spiro atoms. The Hall–Kier alpha value is -1.52. The van der Waals surface area contributed by atoms with Crippen LogP contribution in [-0.4, -0.2) is 28.1 Å². The van der Waals surface area contributed by atoms with Gasteiger partial charge in [-0.1, -0.05) is 0 Å². The highest BCUT2D eigenvalue weighted by Gasteiger charge is 2.43. The average molecular weight is 169 g/mol. The van der Waals surface area contributed by atoms with Crippen molar-refractivity contribution in [2.75, 3.05) is 0 Å². The Bertz CT molecular complexity index is 283. The van der Waals surface area contributed by atoms with Crippen LogP contribution < -0.4 is 0 Å². The number of ether oxygens (including phenoxy) is 1. The van der Waals surface area contributed by atoms with Gasteiger partial charge in [-0.05, 0) is 12.5 Å². The molecule has 1 N–H and O–H groups in total. The molecule has 2 aliphatic heterocycles. The van der Waals surface area contributed by atoms with Gasteiger partial charge in [-0.2, -0.15) is 0 Å². The molecule has 0 unspecified atom stereocenters. The third kappa shape index (κ3) is 0.861. The topological polar surface area (TPSA) is 66.8 Å². The van der Waals surface area contributed by atoms with Gasteiger partial charge in [0.25, 0.3) is 0 Å². The number of amides is 1. The monoisotopic (exact) mass is 169 g/mol. The molecule has 2 aliphatic rings. The Labute approximate surface area is 68.2 Å². The van der Waals surface area contributed by atoms with Crippen LogP contribution in [0.4, 0.5) is 4.79 Å². The molecule has 5 heteroatoms.